The molecule has 0 spiro atoms. The van der Waals surface area contributed by atoms with Gasteiger partial charge in [0.2, 0.25) is 5.69 Å². The Kier molecular flexibility index (Phi) is 23.1. The fraction of sp³-hybridized carbons (Fsp3) is 0.605. The normalized spacial score (nSPS) is 12.1. The maximum atomic E-state index is 12.2. The van der Waals surface area contributed by atoms with Gasteiger partial charge in [-0.25, -0.2) is 4.85 Å². The highest BCUT2D eigenvalue weighted by molar-refractivity contribution is 7.14. The van der Waals surface area contributed by atoms with E-state index < -0.39 is 17.9 Å². The summed E-state index contributed by atoms with van der Waals surface area (Å²) in [7, 11) is 1.33. The SMILES string of the molecule is [C-]#[N+]c1ccsc1N=Nc1ccc(N(CCOCCOCCOCCOCCOC(=O)CC(C/C=C/CCCCC)C(=O)OC)C(C)C)cc1C. The van der Waals surface area contributed by atoms with Crippen LogP contribution in [0.3, 0.4) is 0 Å². The molecule has 0 bridgehead atoms. The standard InChI is InChI=1S/C38H56N4O8S/c1-7-8-9-10-11-12-13-32(38(44)45-6)29-36(43)50-26-25-49-24-23-48-22-21-47-20-19-46-18-17-42(30(2)3)33-14-15-34(31(4)28-33)40-41-37-35(39-5)16-27-51-37/h11-12,14-16,27-28,30,32H,7-10,13,17-26,29H2,1-4,6H3/b12-11+,41-40?. The Hall–Kier alpha value is -3.67. The van der Waals surface area contributed by atoms with E-state index in [-0.39, 0.29) is 25.7 Å². The fourth-order valence-corrected chi connectivity index (χ4v) is 5.54. The molecule has 1 unspecified atom stereocenters. The van der Waals surface area contributed by atoms with Gasteiger partial charge in [0.25, 0.3) is 0 Å². The summed E-state index contributed by atoms with van der Waals surface area (Å²) in [6.07, 6.45) is 8.84. The lowest BCUT2D eigenvalue weighted by Crippen LogP contribution is -2.34. The Morgan fingerprint density at radius 3 is 2.20 bits per heavy atom. The molecule has 2 rings (SSSR count). The number of hydrogen-bond donors (Lipinski definition) is 0. The molecule has 0 aliphatic heterocycles. The predicted molar refractivity (Wildman–Crippen MR) is 201 cm³/mol. The summed E-state index contributed by atoms with van der Waals surface area (Å²) >= 11 is 1.40. The first-order chi connectivity index (χ1) is 24.8. The number of allylic oxidation sites excluding steroid dienone is 2. The second-order valence-corrected chi connectivity index (χ2v) is 12.9. The number of carbonyl (C=O) groups excluding carboxylic acids is 2. The molecule has 0 aliphatic rings. The topological polar surface area (TPSA) is 122 Å². The van der Waals surface area contributed by atoms with Crippen molar-refractivity contribution in [3.8, 4) is 0 Å². The molecule has 0 aliphatic carbocycles. The van der Waals surface area contributed by atoms with Gasteiger partial charge in [0.15, 0.2) is 0 Å². The highest BCUT2D eigenvalue weighted by Crippen LogP contribution is 2.36. The highest BCUT2D eigenvalue weighted by atomic mass is 32.1. The Morgan fingerprint density at radius 1 is 0.922 bits per heavy atom. The van der Waals surface area contributed by atoms with Crippen molar-refractivity contribution in [3.05, 3.63) is 58.8 Å². The zero-order valence-corrected chi connectivity index (χ0v) is 31.8. The van der Waals surface area contributed by atoms with Crippen molar-refractivity contribution >= 4 is 45.3 Å². The zero-order valence-electron chi connectivity index (χ0n) is 31.0. The van der Waals surface area contributed by atoms with Crippen LogP contribution in [0.25, 0.3) is 4.85 Å². The van der Waals surface area contributed by atoms with Crippen LogP contribution in [0.15, 0.2) is 52.0 Å². The lowest BCUT2D eigenvalue weighted by atomic mass is 10.0. The van der Waals surface area contributed by atoms with E-state index in [2.05, 4.69) is 52.9 Å². The number of aryl methyl sites for hydroxylation is 1. The molecule has 1 aromatic heterocycles. The third-order valence-electron chi connectivity index (χ3n) is 7.72. The van der Waals surface area contributed by atoms with Crippen molar-refractivity contribution in [2.24, 2.45) is 16.1 Å². The fourth-order valence-electron chi connectivity index (χ4n) is 4.89. The summed E-state index contributed by atoms with van der Waals surface area (Å²) in [5, 5.41) is 11.1. The van der Waals surface area contributed by atoms with Crippen LogP contribution < -0.4 is 4.90 Å². The Morgan fingerprint density at radius 2 is 1.59 bits per heavy atom. The molecule has 2 aromatic rings. The molecule has 13 heteroatoms. The largest absolute Gasteiger partial charge is 0.469 e. The number of unbranched alkanes of at least 4 members (excludes halogenated alkanes) is 3. The van der Waals surface area contributed by atoms with Crippen molar-refractivity contribution in [2.45, 2.75) is 72.3 Å². The third kappa shape index (κ3) is 18.4. The summed E-state index contributed by atoms with van der Waals surface area (Å²) < 4.78 is 32.5. The number of hydrogen-bond acceptors (Lipinski definition) is 12. The lowest BCUT2D eigenvalue weighted by molar-refractivity contribution is -0.154. The van der Waals surface area contributed by atoms with E-state index in [1.165, 1.54) is 24.9 Å². The number of thiophene rings is 1. The summed E-state index contributed by atoms with van der Waals surface area (Å²) in [5.41, 5.74) is 3.38. The number of carbonyl (C=O) groups is 2. The van der Waals surface area contributed by atoms with Crippen LogP contribution in [0.1, 0.15) is 64.9 Å². The minimum Gasteiger partial charge on any atom is -0.469 e. The monoisotopic (exact) mass is 728 g/mol. The second kappa shape index (κ2) is 27.0. The summed E-state index contributed by atoms with van der Waals surface area (Å²) in [5.74, 6) is -1.41. The van der Waals surface area contributed by atoms with Crippen molar-refractivity contribution in [1.82, 2.24) is 0 Å². The van der Waals surface area contributed by atoms with Crippen LogP contribution in [0.5, 0.6) is 0 Å². The minimum atomic E-state index is -0.550. The first kappa shape index (κ1) is 43.5. The maximum absolute atomic E-state index is 12.2. The van der Waals surface area contributed by atoms with Crippen LogP contribution in [0.4, 0.5) is 22.1 Å². The Balaban J connectivity index is 1.50. The second-order valence-electron chi connectivity index (χ2n) is 12.0. The van der Waals surface area contributed by atoms with Gasteiger partial charge in [0.1, 0.15) is 11.6 Å². The molecule has 0 amide bonds. The van der Waals surface area contributed by atoms with Crippen molar-refractivity contribution in [2.75, 3.05) is 78.0 Å². The van der Waals surface area contributed by atoms with Gasteiger partial charge in [-0.3, -0.25) is 9.59 Å². The lowest BCUT2D eigenvalue weighted by Gasteiger charge is -2.29. The molecule has 51 heavy (non-hydrogen) atoms. The molecule has 0 radical (unpaired) electrons. The van der Waals surface area contributed by atoms with Crippen LogP contribution in [0, 0.1) is 19.4 Å². The summed E-state index contributed by atoms with van der Waals surface area (Å²) in [6, 6.07) is 8.12. The van der Waals surface area contributed by atoms with E-state index in [9.17, 15) is 9.59 Å². The number of nitrogens with zero attached hydrogens (tertiary/aromatic N) is 4. The molecule has 0 saturated carbocycles. The van der Waals surface area contributed by atoms with Crippen LogP contribution >= 0.6 is 11.3 Å². The van der Waals surface area contributed by atoms with Gasteiger partial charge in [-0.2, -0.15) is 10.2 Å². The van der Waals surface area contributed by atoms with Gasteiger partial charge in [0.05, 0.1) is 84.6 Å². The predicted octanol–water partition coefficient (Wildman–Crippen LogP) is 8.55. The summed E-state index contributed by atoms with van der Waals surface area (Å²) in [4.78, 5) is 30.0. The molecule has 12 nitrogen and oxygen atoms in total. The molecule has 0 N–H and O–H groups in total. The Bertz CT molecular complexity index is 1370. The van der Waals surface area contributed by atoms with Crippen molar-refractivity contribution < 1.29 is 38.0 Å². The van der Waals surface area contributed by atoms with E-state index in [1.807, 2.05) is 30.5 Å². The number of methoxy groups -OCH3 is 1. The van der Waals surface area contributed by atoms with E-state index >= 15 is 0 Å². The first-order valence-electron chi connectivity index (χ1n) is 17.7. The van der Waals surface area contributed by atoms with Gasteiger partial charge in [-0.15, -0.1) is 11.3 Å². The van der Waals surface area contributed by atoms with Crippen LogP contribution in [-0.4, -0.2) is 91.1 Å². The van der Waals surface area contributed by atoms with Crippen molar-refractivity contribution in [1.29, 1.82) is 0 Å². The Labute approximate surface area is 307 Å². The van der Waals surface area contributed by atoms with Gasteiger partial charge in [-0.05, 0) is 75.2 Å². The number of ether oxygens (including phenoxy) is 6. The third-order valence-corrected chi connectivity index (χ3v) is 8.51. The average Bonchev–Trinajstić information content (AvgIpc) is 3.59. The number of anilines is 1. The quantitative estimate of drug-likeness (QED) is 0.0279. The molecule has 0 saturated heterocycles. The van der Waals surface area contributed by atoms with Gasteiger partial charge >= 0.3 is 11.9 Å². The molecular weight excluding hydrogens is 673 g/mol. The number of azo groups is 1. The maximum Gasteiger partial charge on any atom is 0.309 e. The number of benzene rings is 1. The highest BCUT2D eigenvalue weighted by Gasteiger charge is 2.22. The molecule has 1 aromatic carbocycles. The van der Waals surface area contributed by atoms with E-state index in [1.54, 1.807) is 6.07 Å². The van der Waals surface area contributed by atoms with Crippen LogP contribution in [0.2, 0.25) is 0 Å². The minimum absolute atomic E-state index is 0.0236. The van der Waals surface area contributed by atoms with E-state index in [4.69, 9.17) is 35.0 Å². The molecular formula is C38H56N4O8S. The van der Waals surface area contributed by atoms with Gasteiger partial charge in [-0.1, -0.05) is 31.9 Å². The van der Waals surface area contributed by atoms with Crippen LogP contribution in [-0.2, 0) is 38.0 Å². The molecule has 1 heterocycles. The zero-order chi connectivity index (χ0) is 37.1. The average molecular weight is 729 g/mol. The summed E-state index contributed by atoms with van der Waals surface area (Å²) in [6.45, 7) is 19.9. The number of esters is 2. The molecule has 0 fully saturated rings. The first-order valence-corrected chi connectivity index (χ1v) is 18.6. The van der Waals surface area contributed by atoms with Gasteiger partial charge < -0.3 is 33.3 Å². The van der Waals surface area contributed by atoms with E-state index in [0.29, 0.717) is 63.4 Å². The smallest absolute Gasteiger partial charge is 0.309 e. The van der Waals surface area contributed by atoms with Gasteiger partial charge in [0, 0.05) is 18.3 Å². The molecule has 1 atom stereocenters. The van der Waals surface area contributed by atoms with E-state index in [0.717, 1.165) is 42.7 Å². The van der Waals surface area contributed by atoms with Crippen molar-refractivity contribution in [3.63, 3.8) is 0 Å². The number of rotatable bonds is 28. The molecule has 282 valence electrons.